The van der Waals surface area contributed by atoms with Gasteiger partial charge in [0, 0.05) is 80.1 Å². The number of hydrogen-bond donors (Lipinski definition) is 4. The average molecular weight is 1170 g/mol. The number of piperazine rings is 1. The number of hydrogen-bond acceptors (Lipinski definition) is 15. The lowest BCUT2D eigenvalue weighted by Gasteiger charge is -2.39. The molecule has 5 amide bonds. The SMILES string of the molecule is CC1(C)CCC(CN2CCN(c3ccc(C(=O)NS(=O)(=O)c4ccc(NCC5CCN(CCCc6cccc7c6C(=O)N(C6CCC(=O)NC6=O)C7=O)CC5)c([N+](=O)[O-])c4)c(Oc4cnc5[nH]ccc5c4)c3)CC2)=C(c2ccc(Cl)cc2)C1. The van der Waals surface area contributed by atoms with Crippen LogP contribution >= 0.6 is 11.6 Å². The number of H-pyrrole nitrogens is 1. The minimum atomic E-state index is -4.65. The highest BCUT2D eigenvalue weighted by molar-refractivity contribution is 7.90. The van der Waals surface area contributed by atoms with Crippen molar-refractivity contribution < 1.29 is 42.1 Å². The van der Waals surface area contributed by atoms with Gasteiger partial charge in [-0.3, -0.25) is 49.2 Å². The molecule has 20 nitrogen and oxygen atoms in total. The fourth-order valence-electron chi connectivity index (χ4n) is 12.2. The number of nitro groups is 1. The first-order valence-corrected chi connectivity index (χ1v) is 30.1. The molecule has 0 radical (unpaired) electrons. The van der Waals surface area contributed by atoms with Crippen LogP contribution in [-0.4, -0.2) is 132 Å². The van der Waals surface area contributed by atoms with Crippen molar-refractivity contribution in [3.63, 3.8) is 0 Å². The number of nitrogens with one attached hydrogen (secondary N) is 4. The summed E-state index contributed by atoms with van der Waals surface area (Å²) < 4.78 is 36.5. The Kier molecular flexibility index (Phi) is 16.2. The number of nitro benzene ring substituents is 1. The molecular formula is C61H65ClN10O10S. The van der Waals surface area contributed by atoms with Crippen molar-refractivity contribution in [2.24, 2.45) is 11.3 Å². The van der Waals surface area contributed by atoms with Gasteiger partial charge >= 0.3 is 0 Å². The molecule has 3 saturated heterocycles. The number of piperidine rings is 2. The first kappa shape index (κ1) is 56.9. The highest BCUT2D eigenvalue weighted by Crippen LogP contribution is 2.44. The van der Waals surface area contributed by atoms with Crippen molar-refractivity contribution >= 4 is 84.8 Å². The molecular weight excluding hydrogens is 1100 g/mol. The van der Waals surface area contributed by atoms with Gasteiger partial charge in [-0.15, -0.1) is 0 Å². The maximum Gasteiger partial charge on any atom is 0.293 e. The third-order valence-corrected chi connectivity index (χ3v) is 18.4. The van der Waals surface area contributed by atoms with E-state index in [1.54, 1.807) is 36.5 Å². The van der Waals surface area contributed by atoms with Crippen LogP contribution in [0, 0.1) is 21.4 Å². The Morgan fingerprint density at radius 3 is 2.43 bits per heavy atom. The Hall–Kier alpha value is -7.98. The molecule has 6 heterocycles. The molecule has 432 valence electrons. The Bertz CT molecular complexity index is 3700. The number of benzene rings is 4. The number of nitrogens with zero attached hydrogens (tertiary/aromatic N) is 6. The van der Waals surface area contributed by atoms with Crippen LogP contribution in [0.5, 0.6) is 11.5 Å². The second kappa shape index (κ2) is 23.7. The first-order chi connectivity index (χ1) is 39.9. The number of pyridine rings is 1. The van der Waals surface area contributed by atoms with Crippen LogP contribution < -0.4 is 25.0 Å². The minimum absolute atomic E-state index is 0.0431. The Labute approximate surface area is 485 Å². The highest BCUT2D eigenvalue weighted by Gasteiger charge is 2.45. The molecule has 0 spiro atoms. The molecule has 4 aliphatic heterocycles. The molecule has 3 fully saturated rings. The van der Waals surface area contributed by atoms with E-state index in [2.05, 4.69) is 66.0 Å². The van der Waals surface area contributed by atoms with Gasteiger partial charge in [0.15, 0.2) is 0 Å². The number of amides is 5. The summed E-state index contributed by atoms with van der Waals surface area (Å²) in [5, 5.41) is 19.4. The van der Waals surface area contributed by atoms with Crippen LogP contribution in [0.2, 0.25) is 5.02 Å². The number of aryl methyl sites for hydroxylation is 1. The zero-order valence-electron chi connectivity index (χ0n) is 46.2. The van der Waals surface area contributed by atoms with E-state index in [1.807, 2.05) is 24.3 Å². The normalized spacial score (nSPS) is 19.0. The standard InChI is InChI=1S/C61H65ClN10O10S/c1-61(2)22-18-42(49(34-61)39-8-10-43(62)11-9-39)37-69-27-29-70(30-28-69)44-12-14-47(53(32-44)82-45-31-41-19-23-63-56(41)65-36-45)57(74)67-83(80,81)46-13-15-50(52(33-46)72(78)79)64-35-38-20-25-68(26-21-38)24-4-6-40-5-3-7-48-55(40)60(77)71(59(48)76)51-16-17-54(73)66-58(51)75/h3,5,7-15,19,23,31-33,36,38,51,64H,4,6,16-18,20-22,24-30,34-35,37H2,1-2H3,(H,63,65)(H,67,74)(H,66,73,75). The smallest absolute Gasteiger partial charge is 0.293 e. The van der Waals surface area contributed by atoms with Gasteiger partial charge in [-0.05, 0) is 154 Å². The van der Waals surface area contributed by atoms with E-state index in [0.717, 1.165) is 99.0 Å². The van der Waals surface area contributed by atoms with E-state index in [4.69, 9.17) is 16.3 Å². The number of aromatic amines is 1. The fourth-order valence-corrected chi connectivity index (χ4v) is 13.3. The maximum atomic E-state index is 14.2. The number of fused-ring (bicyclic) bond motifs is 2. The van der Waals surface area contributed by atoms with Crippen LogP contribution in [0.1, 0.15) is 107 Å². The van der Waals surface area contributed by atoms with Crippen LogP contribution in [0.4, 0.5) is 17.1 Å². The van der Waals surface area contributed by atoms with Gasteiger partial charge in [-0.25, -0.2) is 18.1 Å². The lowest BCUT2D eigenvalue weighted by Crippen LogP contribution is -2.54. The third kappa shape index (κ3) is 12.5. The zero-order chi connectivity index (χ0) is 58.2. The monoisotopic (exact) mass is 1160 g/mol. The largest absolute Gasteiger partial charge is 0.455 e. The number of halogens is 1. The predicted octanol–water partition coefficient (Wildman–Crippen LogP) is 8.98. The quantitative estimate of drug-likeness (QED) is 0.0356. The van der Waals surface area contributed by atoms with E-state index in [1.165, 1.54) is 41.1 Å². The summed E-state index contributed by atoms with van der Waals surface area (Å²) in [6.45, 7) is 11.1. The summed E-state index contributed by atoms with van der Waals surface area (Å²) in [4.78, 5) is 92.1. The fraction of sp³-hybridized carbons (Fsp3) is 0.377. The molecule has 4 N–H and O–H groups in total. The molecule has 0 bridgehead atoms. The lowest BCUT2D eigenvalue weighted by molar-refractivity contribution is -0.384. The molecule has 4 aromatic carbocycles. The van der Waals surface area contributed by atoms with Crippen molar-refractivity contribution in [1.82, 2.24) is 34.7 Å². The summed E-state index contributed by atoms with van der Waals surface area (Å²) in [5.74, 6) is -2.55. The van der Waals surface area contributed by atoms with Crippen LogP contribution in [0.25, 0.3) is 16.6 Å². The van der Waals surface area contributed by atoms with Gasteiger partial charge in [0.2, 0.25) is 11.8 Å². The second-order valence-corrected chi connectivity index (χ2v) is 25.1. The number of anilines is 2. The number of likely N-dealkylation sites (tertiary alicyclic amines) is 1. The number of sulfonamides is 1. The van der Waals surface area contributed by atoms with E-state index in [-0.39, 0.29) is 46.7 Å². The summed E-state index contributed by atoms with van der Waals surface area (Å²) in [5.41, 5.74) is 6.56. The Balaban J connectivity index is 0.708. The summed E-state index contributed by atoms with van der Waals surface area (Å²) in [6, 6.07) is 24.4. The number of imide groups is 2. The van der Waals surface area contributed by atoms with E-state index in [0.29, 0.717) is 54.5 Å². The van der Waals surface area contributed by atoms with Gasteiger partial charge in [-0.1, -0.05) is 55.3 Å². The number of allylic oxidation sites excluding steroid dienone is 1. The molecule has 6 aromatic rings. The van der Waals surface area contributed by atoms with Crippen molar-refractivity contribution in [3.05, 3.63) is 152 Å². The van der Waals surface area contributed by atoms with E-state index in [9.17, 15) is 42.5 Å². The number of aromatic nitrogens is 2. The molecule has 83 heavy (non-hydrogen) atoms. The molecule has 1 atom stereocenters. The second-order valence-electron chi connectivity index (χ2n) is 23.0. The lowest BCUT2D eigenvalue weighted by atomic mass is 9.72. The molecule has 5 aliphatic rings. The number of ether oxygens (including phenoxy) is 1. The minimum Gasteiger partial charge on any atom is -0.455 e. The summed E-state index contributed by atoms with van der Waals surface area (Å²) in [7, 11) is -4.65. The van der Waals surface area contributed by atoms with Gasteiger partial charge in [0.25, 0.3) is 33.4 Å². The molecule has 0 saturated carbocycles. The third-order valence-electron chi connectivity index (χ3n) is 16.8. The van der Waals surface area contributed by atoms with Gasteiger partial charge in [0.1, 0.15) is 28.9 Å². The number of carbonyl (C=O) groups excluding carboxylic acids is 5. The highest BCUT2D eigenvalue weighted by atomic mass is 35.5. The molecule has 2 aromatic heterocycles. The summed E-state index contributed by atoms with van der Waals surface area (Å²) >= 11 is 6.27. The van der Waals surface area contributed by atoms with E-state index >= 15 is 0 Å². The molecule has 1 unspecified atom stereocenters. The molecule has 11 rings (SSSR count). The van der Waals surface area contributed by atoms with Crippen LogP contribution in [0.15, 0.2) is 114 Å². The van der Waals surface area contributed by atoms with Crippen molar-refractivity contribution in [2.75, 3.05) is 69.1 Å². The van der Waals surface area contributed by atoms with Crippen molar-refractivity contribution in [3.8, 4) is 11.5 Å². The number of carbonyl (C=O) groups is 5. The van der Waals surface area contributed by atoms with Crippen LogP contribution in [-0.2, 0) is 26.0 Å². The first-order valence-electron chi connectivity index (χ1n) is 28.2. The van der Waals surface area contributed by atoms with E-state index < -0.39 is 61.1 Å². The zero-order valence-corrected chi connectivity index (χ0v) is 47.8. The predicted molar refractivity (Wildman–Crippen MR) is 314 cm³/mol. The van der Waals surface area contributed by atoms with Gasteiger partial charge in [-0.2, -0.15) is 0 Å². The Morgan fingerprint density at radius 1 is 0.892 bits per heavy atom. The average Bonchev–Trinajstić information content (AvgIpc) is 2.62. The van der Waals surface area contributed by atoms with Gasteiger partial charge in [0.05, 0.1) is 32.7 Å². The number of rotatable bonds is 18. The summed E-state index contributed by atoms with van der Waals surface area (Å²) in [6.07, 6.45) is 9.34. The molecule has 1 aliphatic carbocycles. The molecule has 22 heteroatoms. The van der Waals surface area contributed by atoms with Crippen molar-refractivity contribution in [2.45, 2.75) is 82.6 Å². The van der Waals surface area contributed by atoms with Crippen molar-refractivity contribution in [1.29, 1.82) is 0 Å². The Morgan fingerprint density at radius 2 is 1.67 bits per heavy atom. The topological polar surface area (TPSA) is 250 Å². The maximum absolute atomic E-state index is 14.2. The van der Waals surface area contributed by atoms with Gasteiger partial charge < -0.3 is 24.8 Å². The van der Waals surface area contributed by atoms with Crippen LogP contribution in [0.3, 0.4) is 0 Å².